The van der Waals surface area contributed by atoms with E-state index in [9.17, 15) is 9.59 Å². The van der Waals surface area contributed by atoms with Crippen LogP contribution in [0.1, 0.15) is 46.3 Å². The fourth-order valence-corrected chi connectivity index (χ4v) is 4.60. The van der Waals surface area contributed by atoms with E-state index in [0.29, 0.717) is 6.42 Å². The van der Waals surface area contributed by atoms with Crippen LogP contribution in [0, 0.1) is 12.3 Å². The molecule has 0 bridgehead atoms. The Morgan fingerprint density at radius 1 is 1.04 bits per heavy atom. The van der Waals surface area contributed by atoms with Gasteiger partial charge in [0, 0.05) is 44.1 Å². The lowest BCUT2D eigenvalue weighted by Gasteiger charge is -2.38. The molecule has 4 heteroatoms. The van der Waals surface area contributed by atoms with Crippen molar-refractivity contribution < 1.29 is 9.59 Å². The van der Waals surface area contributed by atoms with Crippen LogP contribution in [-0.4, -0.2) is 48.3 Å². The van der Waals surface area contributed by atoms with Crippen molar-refractivity contribution in [2.45, 2.75) is 32.6 Å². The zero-order valence-electron chi connectivity index (χ0n) is 16.8. The number of rotatable bonds is 3. The summed E-state index contributed by atoms with van der Waals surface area (Å²) in [6, 6.07) is 16.5. The Bertz CT molecular complexity index is 880. The van der Waals surface area contributed by atoms with Gasteiger partial charge in [0.2, 0.25) is 5.91 Å². The minimum Gasteiger partial charge on any atom is -0.345 e. The lowest BCUT2D eigenvalue weighted by atomic mass is 9.77. The van der Waals surface area contributed by atoms with Crippen molar-refractivity contribution in [3.63, 3.8) is 0 Å². The number of aryl methyl sites for hydroxylation is 1. The van der Waals surface area contributed by atoms with Crippen LogP contribution >= 0.6 is 0 Å². The summed E-state index contributed by atoms with van der Waals surface area (Å²) in [6.45, 7) is 4.38. The van der Waals surface area contributed by atoms with Gasteiger partial charge in [-0.05, 0) is 43.4 Å². The van der Waals surface area contributed by atoms with E-state index >= 15 is 0 Å². The summed E-state index contributed by atoms with van der Waals surface area (Å²) in [5, 5.41) is 0. The molecule has 0 atom stereocenters. The molecule has 0 saturated carbocycles. The van der Waals surface area contributed by atoms with Gasteiger partial charge >= 0.3 is 0 Å². The average molecular weight is 377 g/mol. The van der Waals surface area contributed by atoms with Gasteiger partial charge in [-0.1, -0.05) is 48.0 Å². The third-order valence-electron chi connectivity index (χ3n) is 6.40. The second-order valence-corrected chi connectivity index (χ2v) is 8.54. The maximum absolute atomic E-state index is 13.2. The molecule has 2 fully saturated rings. The molecule has 2 amide bonds. The lowest BCUT2D eigenvalue weighted by Crippen LogP contribution is -2.44. The molecule has 0 aliphatic carbocycles. The van der Waals surface area contributed by atoms with E-state index in [2.05, 4.69) is 37.3 Å². The number of hydrogen-bond acceptors (Lipinski definition) is 2. The molecule has 146 valence electrons. The van der Waals surface area contributed by atoms with Crippen molar-refractivity contribution in [2.75, 3.05) is 26.7 Å². The molecule has 4 rings (SSSR count). The quantitative estimate of drug-likeness (QED) is 0.820. The first-order valence-electron chi connectivity index (χ1n) is 10.1. The van der Waals surface area contributed by atoms with Gasteiger partial charge in [-0.2, -0.15) is 0 Å². The Morgan fingerprint density at radius 2 is 1.71 bits per heavy atom. The van der Waals surface area contributed by atoms with Gasteiger partial charge in [0.25, 0.3) is 5.91 Å². The zero-order chi connectivity index (χ0) is 19.7. The van der Waals surface area contributed by atoms with Gasteiger partial charge in [-0.3, -0.25) is 9.59 Å². The Kier molecular flexibility index (Phi) is 4.96. The Labute approximate surface area is 167 Å². The standard InChI is InChI=1S/C24H28N2O2/c1-18-7-9-19(10-8-18)15-20-5-3-4-6-21(20)23(28)26-13-11-24(12-14-26)16-22(27)25(2)17-24/h3-10H,11-17H2,1-2H3. The molecule has 0 N–H and O–H groups in total. The maximum Gasteiger partial charge on any atom is 0.254 e. The van der Waals surface area contributed by atoms with E-state index in [0.717, 1.165) is 50.0 Å². The first kappa shape index (κ1) is 18.7. The molecule has 1 spiro atoms. The second-order valence-electron chi connectivity index (χ2n) is 8.54. The Balaban J connectivity index is 1.47. The van der Waals surface area contributed by atoms with Crippen LogP contribution in [0.4, 0.5) is 0 Å². The highest BCUT2D eigenvalue weighted by Crippen LogP contribution is 2.40. The van der Waals surface area contributed by atoms with Crippen molar-refractivity contribution >= 4 is 11.8 Å². The Morgan fingerprint density at radius 3 is 2.36 bits per heavy atom. The number of hydrogen-bond donors (Lipinski definition) is 0. The first-order valence-corrected chi connectivity index (χ1v) is 10.1. The SMILES string of the molecule is Cc1ccc(Cc2ccccc2C(=O)N2CCC3(CC2)CC(=O)N(C)C3)cc1. The number of amides is 2. The summed E-state index contributed by atoms with van der Waals surface area (Å²) < 4.78 is 0. The summed E-state index contributed by atoms with van der Waals surface area (Å²) >= 11 is 0. The molecule has 28 heavy (non-hydrogen) atoms. The number of likely N-dealkylation sites (tertiary alicyclic amines) is 2. The van der Waals surface area contributed by atoms with Crippen LogP contribution in [-0.2, 0) is 11.2 Å². The third-order valence-corrected chi connectivity index (χ3v) is 6.40. The van der Waals surface area contributed by atoms with E-state index in [1.54, 1.807) is 0 Å². The van der Waals surface area contributed by atoms with Crippen molar-refractivity contribution in [1.82, 2.24) is 9.80 Å². The van der Waals surface area contributed by atoms with Gasteiger partial charge < -0.3 is 9.80 Å². The van der Waals surface area contributed by atoms with Gasteiger partial charge in [0.05, 0.1) is 0 Å². The molecule has 0 aromatic heterocycles. The van der Waals surface area contributed by atoms with Crippen molar-refractivity contribution in [2.24, 2.45) is 5.41 Å². The smallest absolute Gasteiger partial charge is 0.254 e. The topological polar surface area (TPSA) is 40.6 Å². The summed E-state index contributed by atoms with van der Waals surface area (Å²) in [4.78, 5) is 29.0. The minimum atomic E-state index is 0.0734. The number of nitrogens with zero attached hydrogens (tertiary/aromatic N) is 2. The van der Waals surface area contributed by atoms with Gasteiger partial charge in [-0.15, -0.1) is 0 Å². The molecular weight excluding hydrogens is 348 g/mol. The number of piperidine rings is 1. The third kappa shape index (κ3) is 3.68. The minimum absolute atomic E-state index is 0.0734. The normalized spacial score (nSPS) is 18.7. The highest BCUT2D eigenvalue weighted by Gasteiger charge is 2.44. The fourth-order valence-electron chi connectivity index (χ4n) is 4.60. The van der Waals surface area contributed by atoms with Crippen molar-refractivity contribution in [1.29, 1.82) is 0 Å². The molecule has 2 aromatic rings. The molecule has 2 aliphatic rings. The largest absolute Gasteiger partial charge is 0.345 e. The molecule has 0 radical (unpaired) electrons. The highest BCUT2D eigenvalue weighted by molar-refractivity contribution is 5.96. The second kappa shape index (κ2) is 7.42. The van der Waals surface area contributed by atoms with Crippen LogP contribution in [0.5, 0.6) is 0 Å². The fraction of sp³-hybridized carbons (Fsp3) is 0.417. The van der Waals surface area contributed by atoms with Gasteiger partial charge in [-0.25, -0.2) is 0 Å². The van der Waals surface area contributed by atoms with Crippen LogP contribution in [0.15, 0.2) is 48.5 Å². The first-order chi connectivity index (χ1) is 13.5. The number of carbonyl (C=O) groups excluding carboxylic acids is 2. The Hall–Kier alpha value is -2.62. The monoisotopic (exact) mass is 376 g/mol. The van der Waals surface area contributed by atoms with Crippen molar-refractivity contribution in [3.05, 3.63) is 70.8 Å². The predicted octanol–water partition coefficient (Wildman–Crippen LogP) is 3.67. The zero-order valence-corrected chi connectivity index (χ0v) is 16.8. The van der Waals surface area contributed by atoms with E-state index in [1.807, 2.05) is 35.0 Å². The predicted molar refractivity (Wildman–Crippen MR) is 110 cm³/mol. The maximum atomic E-state index is 13.2. The number of benzene rings is 2. The van der Waals surface area contributed by atoms with Crippen LogP contribution in [0.3, 0.4) is 0 Å². The molecule has 2 aromatic carbocycles. The summed E-state index contributed by atoms with van der Waals surface area (Å²) in [5.74, 6) is 0.360. The van der Waals surface area contributed by atoms with Gasteiger partial charge in [0.1, 0.15) is 0 Å². The van der Waals surface area contributed by atoms with Gasteiger partial charge in [0.15, 0.2) is 0 Å². The molecule has 4 nitrogen and oxygen atoms in total. The lowest BCUT2D eigenvalue weighted by molar-refractivity contribution is -0.126. The van der Waals surface area contributed by atoms with Crippen LogP contribution in [0.25, 0.3) is 0 Å². The molecule has 0 unspecified atom stereocenters. The molecular formula is C24H28N2O2. The summed E-state index contributed by atoms with van der Waals surface area (Å²) in [5.41, 5.74) is 4.41. The van der Waals surface area contributed by atoms with Crippen LogP contribution < -0.4 is 0 Å². The number of carbonyl (C=O) groups is 2. The summed E-state index contributed by atoms with van der Waals surface area (Å²) in [6.07, 6.45) is 3.22. The average Bonchev–Trinajstić information content (AvgIpc) is 2.97. The van der Waals surface area contributed by atoms with E-state index in [-0.39, 0.29) is 17.2 Å². The molecule has 2 heterocycles. The summed E-state index contributed by atoms with van der Waals surface area (Å²) in [7, 11) is 1.88. The van der Waals surface area contributed by atoms with E-state index in [4.69, 9.17) is 0 Å². The van der Waals surface area contributed by atoms with E-state index < -0.39 is 0 Å². The molecule has 2 saturated heterocycles. The van der Waals surface area contributed by atoms with Crippen molar-refractivity contribution in [3.8, 4) is 0 Å². The van der Waals surface area contributed by atoms with Crippen LogP contribution in [0.2, 0.25) is 0 Å². The highest BCUT2D eigenvalue weighted by atomic mass is 16.2. The molecule has 2 aliphatic heterocycles. The van der Waals surface area contributed by atoms with E-state index in [1.165, 1.54) is 11.1 Å².